The van der Waals surface area contributed by atoms with Gasteiger partial charge in [-0.1, -0.05) is 0 Å². The van der Waals surface area contributed by atoms with Gasteiger partial charge in [0.15, 0.2) is 0 Å². The van der Waals surface area contributed by atoms with Crippen molar-refractivity contribution in [1.82, 2.24) is 24.8 Å². The Morgan fingerprint density at radius 1 is 0.931 bits per heavy atom. The van der Waals surface area contributed by atoms with Crippen molar-refractivity contribution in [2.24, 2.45) is 0 Å². The lowest BCUT2D eigenvalue weighted by molar-refractivity contribution is 0.177. The Morgan fingerprint density at radius 2 is 1.69 bits per heavy atom. The fourth-order valence-electron chi connectivity index (χ4n) is 3.82. The van der Waals surface area contributed by atoms with Gasteiger partial charge in [0.1, 0.15) is 11.6 Å². The molecule has 3 aromatic rings. The van der Waals surface area contributed by atoms with E-state index in [0.717, 1.165) is 59.1 Å². The van der Waals surface area contributed by atoms with Crippen molar-refractivity contribution in [3.05, 3.63) is 59.9 Å². The van der Waals surface area contributed by atoms with E-state index in [-0.39, 0.29) is 0 Å². The third-order valence-corrected chi connectivity index (χ3v) is 5.62. The van der Waals surface area contributed by atoms with E-state index in [9.17, 15) is 0 Å². The third kappa shape index (κ3) is 4.59. The number of likely N-dealkylation sites (tertiary alicyclic amines) is 1. The standard InChI is InChI=1S/C23H28N6/c1-15-7-19(12-24-10-15)21-9-22(26-20-8-16(2)11-25-13-20)28-23(27-21)18-6-5-17(3)29(4)14-18/h7-13,17-18H,5-6,14H2,1-4H3,(H,26,27,28)/t17-,18+/m0/s1. The average molecular weight is 389 g/mol. The van der Waals surface area contributed by atoms with E-state index in [2.05, 4.69) is 46.3 Å². The molecule has 1 N–H and O–H groups in total. The minimum atomic E-state index is 0.324. The molecule has 0 aromatic carbocycles. The van der Waals surface area contributed by atoms with Gasteiger partial charge in [0.2, 0.25) is 0 Å². The molecule has 4 rings (SSSR count). The highest BCUT2D eigenvalue weighted by atomic mass is 15.1. The van der Waals surface area contributed by atoms with Gasteiger partial charge in [0.05, 0.1) is 17.6 Å². The molecular formula is C23H28N6. The predicted molar refractivity (Wildman–Crippen MR) is 116 cm³/mol. The van der Waals surface area contributed by atoms with E-state index in [0.29, 0.717) is 12.0 Å². The first-order valence-electron chi connectivity index (χ1n) is 10.2. The summed E-state index contributed by atoms with van der Waals surface area (Å²) in [5.41, 5.74) is 5.06. The summed E-state index contributed by atoms with van der Waals surface area (Å²) < 4.78 is 0. The van der Waals surface area contributed by atoms with Crippen LogP contribution in [-0.4, -0.2) is 44.5 Å². The normalized spacial score (nSPS) is 19.9. The van der Waals surface area contributed by atoms with Crippen LogP contribution in [0.5, 0.6) is 0 Å². The van der Waals surface area contributed by atoms with Gasteiger partial charge in [-0.2, -0.15) is 0 Å². The van der Waals surface area contributed by atoms with Gasteiger partial charge >= 0.3 is 0 Å². The van der Waals surface area contributed by atoms with E-state index in [1.54, 1.807) is 0 Å². The molecular weight excluding hydrogens is 360 g/mol. The SMILES string of the molecule is Cc1cncc(Nc2cc(-c3cncc(C)c3)nc([C@@H]3CC[C@H](C)N(C)C3)n2)c1. The van der Waals surface area contributed by atoms with E-state index in [1.165, 1.54) is 0 Å². The quantitative estimate of drug-likeness (QED) is 0.710. The first-order valence-corrected chi connectivity index (χ1v) is 10.2. The molecule has 6 heteroatoms. The van der Waals surface area contributed by atoms with Crippen LogP contribution in [0, 0.1) is 13.8 Å². The van der Waals surface area contributed by atoms with E-state index < -0.39 is 0 Å². The first kappa shape index (κ1) is 19.5. The Morgan fingerprint density at radius 3 is 2.41 bits per heavy atom. The highest BCUT2D eigenvalue weighted by molar-refractivity contribution is 5.65. The summed E-state index contributed by atoms with van der Waals surface area (Å²) in [7, 11) is 2.18. The molecule has 29 heavy (non-hydrogen) atoms. The fraction of sp³-hybridized carbons (Fsp3) is 0.391. The molecule has 1 saturated heterocycles. The lowest BCUT2D eigenvalue weighted by Crippen LogP contribution is -2.38. The molecule has 150 valence electrons. The highest BCUT2D eigenvalue weighted by Crippen LogP contribution is 2.30. The zero-order valence-corrected chi connectivity index (χ0v) is 17.6. The molecule has 0 unspecified atom stereocenters. The topological polar surface area (TPSA) is 66.8 Å². The van der Waals surface area contributed by atoms with Gasteiger partial charge in [0.25, 0.3) is 0 Å². The molecule has 3 aromatic heterocycles. The Labute approximate surface area is 172 Å². The maximum Gasteiger partial charge on any atom is 0.135 e. The number of pyridine rings is 2. The first-order chi connectivity index (χ1) is 14.0. The molecule has 1 fully saturated rings. The van der Waals surface area contributed by atoms with Crippen LogP contribution in [0.3, 0.4) is 0 Å². The summed E-state index contributed by atoms with van der Waals surface area (Å²) in [6.45, 7) is 7.34. The predicted octanol–water partition coefficient (Wildman–Crippen LogP) is 4.49. The van der Waals surface area contributed by atoms with Crippen molar-refractivity contribution < 1.29 is 0 Å². The number of hydrogen-bond acceptors (Lipinski definition) is 6. The van der Waals surface area contributed by atoms with E-state index in [4.69, 9.17) is 9.97 Å². The largest absolute Gasteiger partial charge is 0.339 e. The van der Waals surface area contributed by atoms with Crippen LogP contribution in [-0.2, 0) is 0 Å². The Balaban J connectivity index is 1.73. The number of nitrogens with one attached hydrogen (secondary N) is 1. The number of rotatable bonds is 4. The molecule has 0 radical (unpaired) electrons. The minimum Gasteiger partial charge on any atom is -0.339 e. The minimum absolute atomic E-state index is 0.324. The van der Waals surface area contributed by atoms with Crippen LogP contribution >= 0.6 is 0 Å². The summed E-state index contributed by atoms with van der Waals surface area (Å²) in [6.07, 6.45) is 9.66. The molecule has 0 aliphatic carbocycles. The molecule has 4 heterocycles. The molecule has 0 spiro atoms. The average Bonchev–Trinajstić information content (AvgIpc) is 2.70. The summed E-state index contributed by atoms with van der Waals surface area (Å²) in [6, 6.07) is 6.79. The van der Waals surface area contributed by atoms with Crippen molar-refractivity contribution >= 4 is 11.5 Å². The number of hydrogen-bond donors (Lipinski definition) is 1. The van der Waals surface area contributed by atoms with Crippen LogP contribution in [0.2, 0.25) is 0 Å². The molecule has 0 saturated carbocycles. The third-order valence-electron chi connectivity index (χ3n) is 5.62. The lowest BCUT2D eigenvalue weighted by atomic mass is 9.93. The maximum atomic E-state index is 4.95. The van der Waals surface area contributed by atoms with Crippen LogP contribution in [0.25, 0.3) is 11.3 Å². The smallest absolute Gasteiger partial charge is 0.135 e. The fourth-order valence-corrected chi connectivity index (χ4v) is 3.82. The van der Waals surface area contributed by atoms with Gasteiger partial charge in [-0.3, -0.25) is 9.97 Å². The van der Waals surface area contributed by atoms with Crippen molar-refractivity contribution in [2.75, 3.05) is 18.9 Å². The van der Waals surface area contributed by atoms with Crippen LogP contribution in [0.1, 0.15) is 42.6 Å². The van der Waals surface area contributed by atoms with Gasteiger partial charge in [-0.25, -0.2) is 9.97 Å². The van der Waals surface area contributed by atoms with Crippen LogP contribution in [0.15, 0.2) is 43.0 Å². The molecule has 6 nitrogen and oxygen atoms in total. The number of likely N-dealkylation sites (N-methyl/N-ethyl adjacent to an activating group) is 1. The van der Waals surface area contributed by atoms with Crippen LogP contribution in [0.4, 0.5) is 11.5 Å². The van der Waals surface area contributed by atoms with Crippen LogP contribution < -0.4 is 5.32 Å². The lowest BCUT2D eigenvalue weighted by Gasteiger charge is -2.34. The van der Waals surface area contributed by atoms with Crippen molar-refractivity contribution in [2.45, 2.75) is 45.6 Å². The molecule has 0 amide bonds. The molecule has 0 bridgehead atoms. The van der Waals surface area contributed by atoms with Crippen molar-refractivity contribution in [3.8, 4) is 11.3 Å². The van der Waals surface area contributed by atoms with E-state index >= 15 is 0 Å². The van der Waals surface area contributed by atoms with Gasteiger partial charge in [-0.05, 0) is 63.9 Å². The molecule has 1 aliphatic rings. The molecule has 1 aliphatic heterocycles. The summed E-state index contributed by atoms with van der Waals surface area (Å²) in [5, 5.41) is 3.42. The van der Waals surface area contributed by atoms with Crippen molar-refractivity contribution in [1.29, 1.82) is 0 Å². The maximum absolute atomic E-state index is 4.95. The molecule has 2 atom stereocenters. The van der Waals surface area contributed by atoms with Crippen molar-refractivity contribution in [3.63, 3.8) is 0 Å². The Bertz CT molecular complexity index is 1000. The second-order valence-corrected chi connectivity index (χ2v) is 8.19. The number of aryl methyl sites for hydroxylation is 2. The zero-order valence-electron chi connectivity index (χ0n) is 17.6. The second kappa shape index (κ2) is 8.25. The van der Waals surface area contributed by atoms with Gasteiger partial charge in [-0.15, -0.1) is 0 Å². The number of anilines is 2. The number of piperidine rings is 1. The second-order valence-electron chi connectivity index (χ2n) is 8.19. The monoisotopic (exact) mass is 388 g/mol. The highest BCUT2D eigenvalue weighted by Gasteiger charge is 2.26. The van der Waals surface area contributed by atoms with Gasteiger partial charge in [0, 0.05) is 48.7 Å². The summed E-state index contributed by atoms with van der Waals surface area (Å²) in [4.78, 5) is 20.9. The summed E-state index contributed by atoms with van der Waals surface area (Å²) in [5.74, 6) is 2.01. The number of aromatic nitrogens is 4. The van der Waals surface area contributed by atoms with E-state index in [1.807, 2.05) is 44.7 Å². The zero-order chi connectivity index (χ0) is 20.4. The van der Waals surface area contributed by atoms with Gasteiger partial charge < -0.3 is 10.2 Å². The number of nitrogens with zero attached hydrogens (tertiary/aromatic N) is 5. The Hall–Kier alpha value is -2.86. The summed E-state index contributed by atoms with van der Waals surface area (Å²) >= 11 is 0. The Kier molecular flexibility index (Phi) is 5.53.